The predicted molar refractivity (Wildman–Crippen MR) is 114 cm³/mol. The number of fused-ring (bicyclic) bond motifs is 1. The lowest BCUT2D eigenvalue weighted by molar-refractivity contribution is 0.394. The molecule has 0 radical (unpaired) electrons. The summed E-state index contributed by atoms with van der Waals surface area (Å²) in [7, 11) is 3.36. The number of nitrogens with zero attached hydrogens (tertiary/aromatic N) is 1. The minimum atomic E-state index is 0.785. The molecule has 0 aliphatic heterocycles. The third-order valence-corrected chi connectivity index (χ3v) is 6.65. The first-order valence-corrected chi connectivity index (χ1v) is 10.4. The second kappa shape index (κ2) is 7.49. The Morgan fingerprint density at radius 2 is 1.70 bits per heavy atom. The second-order valence-corrected chi connectivity index (χ2v) is 8.58. The summed E-state index contributed by atoms with van der Waals surface area (Å²) in [5.41, 5.74) is 6.01. The highest BCUT2D eigenvalue weighted by Crippen LogP contribution is 2.38. The third kappa shape index (κ3) is 3.30. The van der Waals surface area contributed by atoms with Gasteiger partial charge in [0.25, 0.3) is 0 Å². The Balaban J connectivity index is 1.98. The predicted octanol–water partition coefficient (Wildman–Crippen LogP) is 6.14. The monoisotopic (exact) mass is 397 g/mol. The molecule has 1 aliphatic carbocycles. The van der Waals surface area contributed by atoms with Crippen LogP contribution in [0.5, 0.6) is 11.5 Å². The van der Waals surface area contributed by atoms with Crippen molar-refractivity contribution in [1.29, 1.82) is 0 Å². The van der Waals surface area contributed by atoms with Gasteiger partial charge in [0.05, 0.1) is 19.9 Å². The summed E-state index contributed by atoms with van der Waals surface area (Å²) in [6, 6.07) is 12.4. The van der Waals surface area contributed by atoms with Gasteiger partial charge in [-0.15, -0.1) is 11.3 Å². The minimum Gasteiger partial charge on any atom is -0.497 e. The quantitative estimate of drug-likeness (QED) is 0.494. The lowest BCUT2D eigenvalue weighted by Gasteiger charge is -2.20. The van der Waals surface area contributed by atoms with Crippen LogP contribution in [0.1, 0.15) is 29.0 Å². The zero-order valence-electron chi connectivity index (χ0n) is 15.9. The number of thiazole rings is 1. The first-order chi connectivity index (χ1) is 13.1. The standard InChI is InChI=1S/C22H23NO2S2/c1-14-7-6-8-18(15-11-16(24-2)13-17(12-15)25-3)21(14)23-19-9-4-5-10-20(19)27-22(23)26/h6-8,11-13H,4-5,9-10H2,1-3H3. The van der Waals surface area contributed by atoms with Crippen LogP contribution in [0, 0.1) is 10.9 Å². The number of ether oxygens (including phenoxy) is 2. The van der Waals surface area contributed by atoms with Crippen LogP contribution < -0.4 is 9.47 Å². The highest BCUT2D eigenvalue weighted by molar-refractivity contribution is 7.73. The van der Waals surface area contributed by atoms with Crippen LogP contribution in [-0.4, -0.2) is 18.8 Å². The van der Waals surface area contributed by atoms with E-state index in [0.29, 0.717) is 0 Å². The lowest BCUT2D eigenvalue weighted by Crippen LogP contribution is -2.09. The SMILES string of the molecule is COc1cc(OC)cc(-c2cccc(C)c2-n2c3c(sc2=S)CCCC3)c1. The van der Waals surface area contributed by atoms with E-state index in [9.17, 15) is 0 Å². The third-order valence-electron chi connectivity index (χ3n) is 5.18. The van der Waals surface area contributed by atoms with Crippen LogP contribution in [0.3, 0.4) is 0 Å². The van der Waals surface area contributed by atoms with Crippen molar-refractivity contribution < 1.29 is 9.47 Å². The minimum absolute atomic E-state index is 0.785. The smallest absolute Gasteiger partial charge is 0.166 e. The van der Waals surface area contributed by atoms with Crippen LogP contribution in [0.2, 0.25) is 0 Å². The Kier molecular flexibility index (Phi) is 5.06. The molecule has 3 aromatic rings. The maximum atomic E-state index is 5.80. The zero-order valence-corrected chi connectivity index (χ0v) is 17.5. The van der Waals surface area contributed by atoms with Gasteiger partial charge in [0.1, 0.15) is 11.5 Å². The number of methoxy groups -OCH3 is 2. The van der Waals surface area contributed by atoms with Crippen molar-refractivity contribution >= 4 is 23.6 Å². The topological polar surface area (TPSA) is 23.4 Å². The first kappa shape index (κ1) is 18.3. The lowest BCUT2D eigenvalue weighted by atomic mass is 9.98. The molecule has 0 bridgehead atoms. The van der Waals surface area contributed by atoms with Crippen LogP contribution in [0.15, 0.2) is 36.4 Å². The number of aryl methyl sites for hydroxylation is 2. The van der Waals surface area contributed by atoms with E-state index in [1.54, 1.807) is 25.6 Å². The molecule has 0 spiro atoms. The van der Waals surface area contributed by atoms with E-state index in [1.165, 1.54) is 34.7 Å². The van der Waals surface area contributed by atoms with E-state index in [1.807, 2.05) is 6.07 Å². The number of para-hydroxylation sites is 1. The Morgan fingerprint density at radius 1 is 1.00 bits per heavy atom. The van der Waals surface area contributed by atoms with Crippen molar-refractivity contribution in [2.75, 3.05) is 14.2 Å². The molecule has 1 aromatic heterocycles. The fraction of sp³-hybridized carbons (Fsp3) is 0.318. The van der Waals surface area contributed by atoms with Gasteiger partial charge in [0.15, 0.2) is 3.95 Å². The fourth-order valence-corrected chi connectivity index (χ4v) is 5.41. The molecule has 0 unspecified atom stereocenters. The molecule has 0 saturated carbocycles. The largest absolute Gasteiger partial charge is 0.497 e. The summed E-state index contributed by atoms with van der Waals surface area (Å²) in [5.74, 6) is 1.57. The first-order valence-electron chi connectivity index (χ1n) is 9.19. The summed E-state index contributed by atoms with van der Waals surface area (Å²) < 4.78 is 14.2. The Labute approximate surface area is 169 Å². The van der Waals surface area contributed by atoms with E-state index < -0.39 is 0 Å². The van der Waals surface area contributed by atoms with Crippen molar-refractivity contribution in [3.63, 3.8) is 0 Å². The summed E-state index contributed by atoms with van der Waals surface area (Å²) in [4.78, 5) is 1.45. The van der Waals surface area contributed by atoms with Gasteiger partial charge in [-0.3, -0.25) is 4.57 Å². The van der Waals surface area contributed by atoms with Gasteiger partial charge in [-0.2, -0.15) is 0 Å². The van der Waals surface area contributed by atoms with Gasteiger partial charge >= 0.3 is 0 Å². The Hall–Kier alpha value is -2.11. The normalized spacial score (nSPS) is 13.3. The maximum Gasteiger partial charge on any atom is 0.166 e. The van der Waals surface area contributed by atoms with Gasteiger partial charge in [-0.1, -0.05) is 18.2 Å². The van der Waals surface area contributed by atoms with E-state index in [0.717, 1.165) is 39.4 Å². The molecular formula is C22H23NO2S2. The molecule has 0 saturated heterocycles. The van der Waals surface area contributed by atoms with E-state index in [-0.39, 0.29) is 0 Å². The zero-order chi connectivity index (χ0) is 19.0. The van der Waals surface area contributed by atoms with Crippen molar-refractivity contribution in [3.8, 4) is 28.3 Å². The molecule has 5 heteroatoms. The Bertz CT molecular complexity index is 1030. The number of aromatic nitrogens is 1. The molecule has 4 rings (SSSR count). The molecule has 140 valence electrons. The average molecular weight is 398 g/mol. The highest BCUT2D eigenvalue weighted by atomic mass is 32.1. The van der Waals surface area contributed by atoms with E-state index in [2.05, 4.69) is 41.8 Å². The Morgan fingerprint density at radius 3 is 2.41 bits per heavy atom. The van der Waals surface area contributed by atoms with Gasteiger partial charge < -0.3 is 9.47 Å². The van der Waals surface area contributed by atoms with Crippen LogP contribution >= 0.6 is 23.6 Å². The molecule has 0 fully saturated rings. The summed E-state index contributed by atoms with van der Waals surface area (Å²) in [6.07, 6.45) is 4.73. The summed E-state index contributed by atoms with van der Waals surface area (Å²) >= 11 is 7.57. The van der Waals surface area contributed by atoms with Crippen LogP contribution in [0.4, 0.5) is 0 Å². The van der Waals surface area contributed by atoms with Crippen molar-refractivity contribution in [1.82, 2.24) is 4.57 Å². The van der Waals surface area contributed by atoms with E-state index >= 15 is 0 Å². The molecular weight excluding hydrogens is 374 g/mol. The van der Waals surface area contributed by atoms with Crippen molar-refractivity contribution in [3.05, 3.63) is 56.5 Å². The molecule has 2 aromatic carbocycles. The summed E-state index contributed by atoms with van der Waals surface area (Å²) in [5, 5.41) is 0. The molecule has 1 aliphatic rings. The molecule has 1 heterocycles. The van der Waals surface area contributed by atoms with Crippen LogP contribution in [0.25, 0.3) is 16.8 Å². The second-order valence-electron chi connectivity index (χ2n) is 6.85. The van der Waals surface area contributed by atoms with Gasteiger partial charge in [0.2, 0.25) is 0 Å². The molecule has 0 N–H and O–H groups in total. The maximum absolute atomic E-state index is 5.80. The molecule has 0 amide bonds. The molecule has 0 atom stereocenters. The van der Waals surface area contributed by atoms with Crippen molar-refractivity contribution in [2.45, 2.75) is 32.6 Å². The number of rotatable bonds is 4. The number of hydrogen-bond donors (Lipinski definition) is 0. The van der Waals surface area contributed by atoms with E-state index in [4.69, 9.17) is 21.7 Å². The van der Waals surface area contributed by atoms with Crippen molar-refractivity contribution in [2.24, 2.45) is 0 Å². The fourth-order valence-electron chi connectivity index (χ4n) is 3.85. The van der Waals surface area contributed by atoms with Gasteiger partial charge in [-0.25, -0.2) is 0 Å². The van der Waals surface area contributed by atoms with Gasteiger partial charge in [-0.05, 0) is 68.1 Å². The molecule has 3 nitrogen and oxygen atoms in total. The highest BCUT2D eigenvalue weighted by Gasteiger charge is 2.21. The molecule has 27 heavy (non-hydrogen) atoms. The number of hydrogen-bond acceptors (Lipinski definition) is 4. The van der Waals surface area contributed by atoms with Crippen LogP contribution in [-0.2, 0) is 12.8 Å². The average Bonchev–Trinajstić information content (AvgIpc) is 3.02. The summed E-state index contributed by atoms with van der Waals surface area (Å²) in [6.45, 7) is 2.16. The number of benzene rings is 2. The van der Waals surface area contributed by atoms with Gasteiger partial charge in [0, 0.05) is 22.2 Å².